The van der Waals surface area contributed by atoms with Crippen molar-refractivity contribution in [1.29, 1.82) is 0 Å². The maximum absolute atomic E-state index is 5.54. The Morgan fingerprint density at radius 3 is 2.50 bits per heavy atom. The first-order valence-corrected chi connectivity index (χ1v) is 8.81. The van der Waals surface area contributed by atoms with Crippen molar-refractivity contribution in [2.75, 3.05) is 39.4 Å². The first kappa shape index (κ1) is 16.3. The van der Waals surface area contributed by atoms with Crippen molar-refractivity contribution in [2.45, 2.75) is 64.8 Å². The highest BCUT2D eigenvalue weighted by molar-refractivity contribution is 4.91. The summed E-state index contributed by atoms with van der Waals surface area (Å²) in [4.78, 5) is 2.61. The molecule has 1 N–H and O–H groups in total. The second kappa shape index (κ2) is 8.35. The molecule has 0 aromatic carbocycles. The van der Waals surface area contributed by atoms with Crippen molar-refractivity contribution < 1.29 is 4.74 Å². The van der Waals surface area contributed by atoms with E-state index >= 15 is 0 Å². The van der Waals surface area contributed by atoms with E-state index in [4.69, 9.17) is 4.74 Å². The monoisotopic (exact) mass is 282 g/mol. The largest absolute Gasteiger partial charge is 0.380 e. The lowest BCUT2D eigenvalue weighted by Crippen LogP contribution is -2.46. The molecule has 3 heteroatoms. The maximum Gasteiger partial charge on any atom is 0.0593 e. The van der Waals surface area contributed by atoms with Crippen LogP contribution >= 0.6 is 0 Å². The molecule has 0 unspecified atom stereocenters. The second-order valence-electron chi connectivity index (χ2n) is 6.78. The number of ether oxygens (including phenoxy) is 1. The molecule has 0 saturated heterocycles. The third-order valence-corrected chi connectivity index (χ3v) is 5.02. The quantitative estimate of drug-likeness (QED) is 0.623. The molecule has 2 fully saturated rings. The van der Waals surface area contributed by atoms with Crippen LogP contribution in [0.1, 0.15) is 58.8 Å². The Kier molecular flexibility index (Phi) is 6.79. The molecule has 0 aliphatic heterocycles. The van der Waals surface area contributed by atoms with Crippen LogP contribution in [0.15, 0.2) is 0 Å². The summed E-state index contributed by atoms with van der Waals surface area (Å²) in [5.41, 5.74) is 0.531. The minimum absolute atomic E-state index is 0.531. The van der Waals surface area contributed by atoms with Crippen LogP contribution < -0.4 is 5.32 Å². The molecule has 0 amide bonds. The Morgan fingerprint density at radius 2 is 1.90 bits per heavy atom. The summed E-state index contributed by atoms with van der Waals surface area (Å²) in [7, 11) is 0. The average molecular weight is 282 g/mol. The number of likely N-dealkylation sites (N-methyl/N-ethyl adjacent to an activating group) is 1. The summed E-state index contributed by atoms with van der Waals surface area (Å²) in [6, 6.07) is 0.840. The molecule has 0 heterocycles. The molecule has 0 aromatic heterocycles. The predicted octanol–water partition coefficient (Wildman–Crippen LogP) is 3.05. The van der Waals surface area contributed by atoms with Gasteiger partial charge in [0.05, 0.1) is 6.61 Å². The van der Waals surface area contributed by atoms with Crippen molar-refractivity contribution in [3.05, 3.63) is 0 Å². The van der Waals surface area contributed by atoms with E-state index in [2.05, 4.69) is 24.1 Å². The van der Waals surface area contributed by atoms with Crippen molar-refractivity contribution in [3.8, 4) is 0 Å². The van der Waals surface area contributed by atoms with Gasteiger partial charge >= 0.3 is 0 Å². The number of nitrogens with zero attached hydrogens (tertiary/aromatic N) is 1. The first-order chi connectivity index (χ1) is 9.78. The summed E-state index contributed by atoms with van der Waals surface area (Å²) in [5.74, 6) is 0. The number of hydrogen-bond acceptors (Lipinski definition) is 3. The van der Waals surface area contributed by atoms with Gasteiger partial charge in [-0.3, -0.25) is 0 Å². The van der Waals surface area contributed by atoms with Crippen LogP contribution in [0, 0.1) is 5.41 Å². The van der Waals surface area contributed by atoms with Crippen LogP contribution in [0.25, 0.3) is 0 Å². The minimum atomic E-state index is 0.531. The van der Waals surface area contributed by atoms with Gasteiger partial charge in [0, 0.05) is 32.3 Å². The van der Waals surface area contributed by atoms with E-state index in [1.165, 1.54) is 58.0 Å². The highest BCUT2D eigenvalue weighted by atomic mass is 16.5. The van der Waals surface area contributed by atoms with E-state index in [0.717, 1.165) is 32.3 Å². The zero-order valence-corrected chi connectivity index (χ0v) is 13.6. The normalized spacial score (nSPS) is 22.4. The molecule has 2 aliphatic carbocycles. The minimum Gasteiger partial charge on any atom is -0.380 e. The van der Waals surface area contributed by atoms with Gasteiger partial charge in [0.25, 0.3) is 0 Å². The van der Waals surface area contributed by atoms with Crippen LogP contribution in [0.2, 0.25) is 0 Å². The van der Waals surface area contributed by atoms with Gasteiger partial charge in [-0.1, -0.05) is 26.2 Å². The van der Waals surface area contributed by atoms with E-state index in [0.29, 0.717) is 5.41 Å². The standard InChI is InChI=1S/C17H34N2O/c1-3-19(12-13-20-4-2)15-17(10-6-5-7-11-17)14-18-16-8-9-16/h16,18H,3-15H2,1-2H3. The third kappa shape index (κ3) is 5.34. The topological polar surface area (TPSA) is 24.5 Å². The fraction of sp³-hybridized carbons (Fsp3) is 1.00. The van der Waals surface area contributed by atoms with E-state index in [1.807, 2.05) is 0 Å². The van der Waals surface area contributed by atoms with Gasteiger partial charge in [-0.15, -0.1) is 0 Å². The van der Waals surface area contributed by atoms with Crippen molar-refractivity contribution in [3.63, 3.8) is 0 Å². The summed E-state index contributed by atoms with van der Waals surface area (Å²) in [6.45, 7) is 10.8. The summed E-state index contributed by atoms with van der Waals surface area (Å²) >= 11 is 0. The lowest BCUT2D eigenvalue weighted by Gasteiger charge is -2.41. The van der Waals surface area contributed by atoms with Gasteiger partial charge in [0.15, 0.2) is 0 Å². The van der Waals surface area contributed by atoms with Crippen molar-refractivity contribution >= 4 is 0 Å². The predicted molar refractivity (Wildman–Crippen MR) is 85.1 cm³/mol. The maximum atomic E-state index is 5.54. The van der Waals surface area contributed by atoms with E-state index in [9.17, 15) is 0 Å². The molecule has 0 bridgehead atoms. The summed E-state index contributed by atoms with van der Waals surface area (Å²) in [5, 5.41) is 3.81. The van der Waals surface area contributed by atoms with Gasteiger partial charge in [0.2, 0.25) is 0 Å². The van der Waals surface area contributed by atoms with Gasteiger partial charge < -0.3 is 15.0 Å². The van der Waals surface area contributed by atoms with Crippen LogP contribution in [-0.2, 0) is 4.74 Å². The Bertz CT molecular complexity index is 260. The zero-order chi connectivity index (χ0) is 14.3. The van der Waals surface area contributed by atoms with Gasteiger partial charge in [-0.05, 0) is 44.6 Å². The van der Waals surface area contributed by atoms with Crippen LogP contribution in [-0.4, -0.2) is 50.3 Å². The smallest absolute Gasteiger partial charge is 0.0593 e. The lowest BCUT2D eigenvalue weighted by atomic mass is 9.73. The first-order valence-electron chi connectivity index (χ1n) is 8.81. The molecule has 0 spiro atoms. The molecule has 118 valence electrons. The fourth-order valence-corrected chi connectivity index (χ4v) is 3.50. The van der Waals surface area contributed by atoms with Gasteiger partial charge in [-0.2, -0.15) is 0 Å². The fourth-order valence-electron chi connectivity index (χ4n) is 3.50. The van der Waals surface area contributed by atoms with Gasteiger partial charge in [0.1, 0.15) is 0 Å². The highest BCUT2D eigenvalue weighted by Gasteiger charge is 2.35. The summed E-state index contributed by atoms with van der Waals surface area (Å²) in [6.07, 6.45) is 9.92. The molecule has 0 aromatic rings. The van der Waals surface area contributed by atoms with Gasteiger partial charge in [-0.25, -0.2) is 0 Å². The SMILES string of the molecule is CCOCCN(CC)CC1(CNC2CC2)CCCCC1. The molecule has 2 aliphatic rings. The molecule has 0 radical (unpaired) electrons. The number of nitrogens with one attached hydrogen (secondary N) is 1. The molecule has 2 rings (SSSR count). The Hall–Kier alpha value is -0.120. The molecule has 20 heavy (non-hydrogen) atoms. The van der Waals surface area contributed by atoms with Crippen LogP contribution in [0.5, 0.6) is 0 Å². The Labute approximate surface area is 125 Å². The lowest BCUT2D eigenvalue weighted by molar-refractivity contribution is 0.0704. The molecule has 3 nitrogen and oxygen atoms in total. The Balaban J connectivity index is 1.83. The molecule has 2 saturated carbocycles. The zero-order valence-electron chi connectivity index (χ0n) is 13.6. The molecular weight excluding hydrogens is 248 g/mol. The van der Waals surface area contributed by atoms with E-state index in [-0.39, 0.29) is 0 Å². The molecule has 0 atom stereocenters. The van der Waals surface area contributed by atoms with E-state index < -0.39 is 0 Å². The third-order valence-electron chi connectivity index (χ3n) is 5.02. The molecular formula is C17H34N2O. The van der Waals surface area contributed by atoms with Crippen LogP contribution in [0.4, 0.5) is 0 Å². The summed E-state index contributed by atoms with van der Waals surface area (Å²) < 4.78 is 5.54. The van der Waals surface area contributed by atoms with Crippen molar-refractivity contribution in [1.82, 2.24) is 10.2 Å². The number of rotatable bonds is 10. The average Bonchev–Trinajstić information content (AvgIpc) is 3.30. The second-order valence-corrected chi connectivity index (χ2v) is 6.78. The Morgan fingerprint density at radius 1 is 1.15 bits per heavy atom. The van der Waals surface area contributed by atoms with Crippen LogP contribution in [0.3, 0.4) is 0 Å². The van der Waals surface area contributed by atoms with E-state index in [1.54, 1.807) is 0 Å². The van der Waals surface area contributed by atoms with Crippen molar-refractivity contribution in [2.24, 2.45) is 5.41 Å². The highest BCUT2D eigenvalue weighted by Crippen LogP contribution is 2.37. The number of hydrogen-bond donors (Lipinski definition) is 1.